The van der Waals surface area contributed by atoms with Crippen LogP contribution in [0.3, 0.4) is 0 Å². The van der Waals surface area contributed by atoms with Crippen LogP contribution in [0.1, 0.15) is 25.7 Å². The molecule has 0 radical (unpaired) electrons. The summed E-state index contributed by atoms with van der Waals surface area (Å²) in [4.78, 5) is 6.61. The average Bonchev–Trinajstić information content (AvgIpc) is 2.73. The number of hydrogen-bond donors (Lipinski definition) is 1. The molecule has 18 heavy (non-hydrogen) atoms. The van der Waals surface area contributed by atoms with E-state index in [1.54, 1.807) is 12.4 Å². The highest BCUT2D eigenvalue weighted by Crippen LogP contribution is 2.62. The van der Waals surface area contributed by atoms with E-state index in [-0.39, 0.29) is 5.54 Å². The molecule has 0 spiro atoms. The monoisotopic (exact) mass is 245 g/mol. The third-order valence-corrected chi connectivity index (χ3v) is 4.81. The second-order valence-electron chi connectivity index (χ2n) is 6.27. The smallest absolute Gasteiger partial charge is 0.122 e. The maximum absolute atomic E-state index is 6.13. The van der Waals surface area contributed by atoms with Gasteiger partial charge < -0.3 is 10.5 Å². The van der Waals surface area contributed by atoms with Crippen LogP contribution in [0.2, 0.25) is 0 Å². The summed E-state index contributed by atoms with van der Waals surface area (Å²) in [6, 6.07) is 3.86. The van der Waals surface area contributed by atoms with E-state index >= 15 is 0 Å². The Morgan fingerprint density at radius 1 is 1.28 bits per heavy atom. The Labute approximate surface area is 107 Å². The third kappa shape index (κ3) is 1.49. The molecule has 4 heteroatoms. The Morgan fingerprint density at radius 2 is 2.00 bits per heavy atom. The highest BCUT2D eigenvalue weighted by molar-refractivity contribution is 5.28. The summed E-state index contributed by atoms with van der Waals surface area (Å²) in [7, 11) is 0. The maximum Gasteiger partial charge on any atom is 0.122 e. The third-order valence-electron chi connectivity index (χ3n) is 4.81. The minimum Gasteiger partial charge on any atom is -0.489 e. The molecular weight excluding hydrogens is 226 g/mol. The van der Waals surface area contributed by atoms with Crippen LogP contribution in [0.25, 0.3) is 0 Å². The van der Waals surface area contributed by atoms with Gasteiger partial charge in [-0.3, -0.25) is 9.88 Å². The molecule has 1 aliphatic heterocycles. The van der Waals surface area contributed by atoms with Crippen molar-refractivity contribution in [2.45, 2.75) is 42.9 Å². The number of aromatic nitrogens is 1. The Kier molecular flexibility index (Phi) is 2.07. The first-order valence-electron chi connectivity index (χ1n) is 6.78. The second kappa shape index (κ2) is 3.45. The number of rotatable bonds is 3. The zero-order valence-corrected chi connectivity index (χ0v) is 10.5. The molecule has 2 N–H and O–H groups in total. The molecular formula is C14H19N3O. The molecule has 1 saturated heterocycles. The highest BCUT2D eigenvalue weighted by Gasteiger charge is 2.68. The Bertz CT molecular complexity index is 442. The predicted octanol–water partition coefficient (Wildman–Crippen LogP) is 1.17. The first kappa shape index (κ1) is 10.8. The number of hydrogen-bond acceptors (Lipinski definition) is 4. The summed E-state index contributed by atoms with van der Waals surface area (Å²) < 4.78 is 6.00. The standard InChI is InChI=1S/C14H19N3O/c15-13-8-14(9-13,10-13)17-6-3-12(7-17)18-11-1-4-16-5-2-11/h1-2,4-5,12H,3,6-10,15H2. The number of pyridine rings is 1. The molecule has 0 aromatic carbocycles. The van der Waals surface area contributed by atoms with Crippen molar-refractivity contribution in [2.75, 3.05) is 13.1 Å². The van der Waals surface area contributed by atoms with Gasteiger partial charge in [-0.05, 0) is 37.8 Å². The van der Waals surface area contributed by atoms with Gasteiger partial charge in [-0.2, -0.15) is 0 Å². The van der Waals surface area contributed by atoms with E-state index in [2.05, 4.69) is 9.88 Å². The summed E-state index contributed by atoms with van der Waals surface area (Å²) in [6.45, 7) is 2.21. The summed E-state index contributed by atoms with van der Waals surface area (Å²) in [6.07, 6.45) is 8.60. The minimum absolute atomic E-state index is 0.198. The second-order valence-corrected chi connectivity index (χ2v) is 6.27. The zero-order chi connectivity index (χ0) is 12.2. The number of likely N-dealkylation sites (tertiary alicyclic amines) is 1. The fraction of sp³-hybridized carbons (Fsp3) is 0.643. The van der Waals surface area contributed by atoms with Gasteiger partial charge in [0.15, 0.2) is 0 Å². The molecule has 2 heterocycles. The summed E-state index contributed by atoms with van der Waals surface area (Å²) in [5, 5.41) is 0. The van der Waals surface area contributed by atoms with Crippen LogP contribution in [0.15, 0.2) is 24.5 Å². The summed E-state index contributed by atoms with van der Waals surface area (Å²) in [5.41, 5.74) is 6.78. The molecule has 3 saturated carbocycles. The van der Waals surface area contributed by atoms with Crippen LogP contribution in [-0.2, 0) is 0 Å². The van der Waals surface area contributed by atoms with Crippen LogP contribution < -0.4 is 10.5 Å². The lowest BCUT2D eigenvalue weighted by Crippen LogP contribution is -2.81. The lowest BCUT2D eigenvalue weighted by molar-refractivity contribution is -0.155. The van der Waals surface area contributed by atoms with E-state index in [1.165, 1.54) is 19.3 Å². The van der Waals surface area contributed by atoms with Gasteiger partial charge in [0.1, 0.15) is 11.9 Å². The van der Waals surface area contributed by atoms with Crippen molar-refractivity contribution < 1.29 is 4.74 Å². The Balaban J connectivity index is 1.37. The Morgan fingerprint density at radius 3 is 2.67 bits per heavy atom. The van der Waals surface area contributed by atoms with Gasteiger partial charge in [-0.1, -0.05) is 0 Å². The number of ether oxygens (including phenoxy) is 1. The van der Waals surface area contributed by atoms with Gasteiger partial charge in [0.05, 0.1) is 0 Å². The molecule has 4 nitrogen and oxygen atoms in total. The molecule has 3 aliphatic carbocycles. The van der Waals surface area contributed by atoms with Crippen molar-refractivity contribution in [3.05, 3.63) is 24.5 Å². The van der Waals surface area contributed by atoms with Gasteiger partial charge in [-0.15, -0.1) is 0 Å². The molecule has 1 aromatic heterocycles. The van der Waals surface area contributed by atoms with Crippen LogP contribution in [0, 0.1) is 0 Å². The van der Waals surface area contributed by atoms with Crippen LogP contribution in [0.5, 0.6) is 5.75 Å². The Hall–Kier alpha value is -1.13. The average molecular weight is 245 g/mol. The van der Waals surface area contributed by atoms with Gasteiger partial charge >= 0.3 is 0 Å². The van der Waals surface area contributed by atoms with E-state index in [9.17, 15) is 0 Å². The largest absolute Gasteiger partial charge is 0.489 e. The van der Waals surface area contributed by atoms with E-state index in [0.717, 1.165) is 25.3 Å². The van der Waals surface area contributed by atoms with Gasteiger partial charge in [-0.25, -0.2) is 0 Å². The van der Waals surface area contributed by atoms with E-state index in [1.807, 2.05) is 12.1 Å². The first-order valence-corrected chi connectivity index (χ1v) is 6.78. The zero-order valence-electron chi connectivity index (χ0n) is 10.5. The molecule has 4 fully saturated rings. The van der Waals surface area contributed by atoms with Crippen molar-refractivity contribution >= 4 is 0 Å². The first-order chi connectivity index (χ1) is 8.68. The van der Waals surface area contributed by atoms with Crippen molar-refractivity contribution in [3.8, 4) is 5.75 Å². The quantitative estimate of drug-likeness (QED) is 0.868. The highest BCUT2D eigenvalue weighted by atomic mass is 16.5. The molecule has 4 aliphatic rings. The fourth-order valence-corrected chi connectivity index (χ4v) is 4.01. The van der Waals surface area contributed by atoms with Gasteiger partial charge in [0.25, 0.3) is 0 Å². The number of nitrogens with two attached hydrogens (primary N) is 1. The SMILES string of the molecule is NC12CC(N3CCC(Oc4ccncc4)C3)(C1)C2. The van der Waals surface area contributed by atoms with E-state index in [4.69, 9.17) is 10.5 Å². The molecule has 5 rings (SSSR count). The van der Waals surface area contributed by atoms with Gasteiger partial charge in [0.2, 0.25) is 0 Å². The topological polar surface area (TPSA) is 51.4 Å². The lowest BCUT2D eigenvalue weighted by Gasteiger charge is -2.72. The van der Waals surface area contributed by atoms with Crippen molar-refractivity contribution in [3.63, 3.8) is 0 Å². The summed E-state index contributed by atoms with van der Waals surface area (Å²) >= 11 is 0. The minimum atomic E-state index is 0.198. The molecule has 96 valence electrons. The molecule has 0 amide bonds. The normalized spacial score (nSPS) is 42.2. The van der Waals surface area contributed by atoms with E-state index in [0.29, 0.717) is 11.6 Å². The number of nitrogens with zero attached hydrogens (tertiary/aromatic N) is 2. The summed E-state index contributed by atoms with van der Waals surface area (Å²) in [5.74, 6) is 0.935. The van der Waals surface area contributed by atoms with Crippen LogP contribution in [0.4, 0.5) is 0 Å². The maximum atomic E-state index is 6.13. The van der Waals surface area contributed by atoms with Crippen molar-refractivity contribution in [2.24, 2.45) is 5.73 Å². The van der Waals surface area contributed by atoms with E-state index < -0.39 is 0 Å². The lowest BCUT2D eigenvalue weighted by atomic mass is 9.44. The van der Waals surface area contributed by atoms with Gasteiger partial charge in [0, 0.05) is 36.6 Å². The van der Waals surface area contributed by atoms with Crippen LogP contribution >= 0.6 is 0 Å². The predicted molar refractivity (Wildman–Crippen MR) is 68.3 cm³/mol. The molecule has 2 bridgehead atoms. The molecule has 1 unspecified atom stereocenters. The van der Waals surface area contributed by atoms with Crippen molar-refractivity contribution in [1.82, 2.24) is 9.88 Å². The molecule has 1 atom stereocenters. The molecule has 1 aromatic rings. The van der Waals surface area contributed by atoms with Crippen molar-refractivity contribution in [1.29, 1.82) is 0 Å². The fourth-order valence-electron chi connectivity index (χ4n) is 4.01. The van der Waals surface area contributed by atoms with Crippen LogP contribution in [-0.4, -0.2) is 40.2 Å².